The Balaban J connectivity index is 2.87. The Morgan fingerprint density at radius 3 is 2.50 bits per heavy atom. The first kappa shape index (κ1) is 11.5. The average molecular weight is 211 g/mol. The van der Waals surface area contributed by atoms with Crippen LogP contribution in [0.3, 0.4) is 0 Å². The monoisotopic (exact) mass is 211 g/mol. The number of piperidine rings is 1. The first-order valence-corrected chi connectivity index (χ1v) is 4.44. The van der Waals surface area contributed by atoms with Gasteiger partial charge in [0.25, 0.3) is 0 Å². The highest BCUT2D eigenvalue weighted by molar-refractivity contribution is 5.21. The minimum Gasteiger partial charge on any atom is -0.316 e. The first-order chi connectivity index (χ1) is 6.28. The molecule has 1 heterocycles. The van der Waals surface area contributed by atoms with Crippen molar-refractivity contribution < 1.29 is 17.6 Å². The maximum atomic E-state index is 14.0. The van der Waals surface area contributed by atoms with Crippen molar-refractivity contribution in [1.29, 1.82) is 0 Å². The highest BCUT2D eigenvalue weighted by Crippen LogP contribution is 2.42. The van der Waals surface area contributed by atoms with Crippen LogP contribution >= 0.6 is 0 Å². The molecule has 0 bridgehead atoms. The van der Waals surface area contributed by atoms with Gasteiger partial charge in [0.05, 0.1) is 5.57 Å². The largest absolute Gasteiger partial charge is 0.415 e. The maximum absolute atomic E-state index is 14.0. The van der Waals surface area contributed by atoms with Crippen LogP contribution in [0.15, 0.2) is 12.2 Å². The van der Waals surface area contributed by atoms with E-state index in [9.17, 15) is 17.6 Å². The van der Waals surface area contributed by atoms with Gasteiger partial charge < -0.3 is 5.32 Å². The fourth-order valence-electron chi connectivity index (χ4n) is 1.68. The van der Waals surface area contributed by atoms with Gasteiger partial charge >= 0.3 is 6.18 Å². The van der Waals surface area contributed by atoms with Gasteiger partial charge in [-0.15, -0.1) is 0 Å². The van der Waals surface area contributed by atoms with Crippen LogP contribution in [0.25, 0.3) is 0 Å². The van der Waals surface area contributed by atoms with Gasteiger partial charge in [-0.25, -0.2) is 4.39 Å². The summed E-state index contributed by atoms with van der Waals surface area (Å²) in [4.78, 5) is 0. The van der Waals surface area contributed by atoms with E-state index in [1.54, 1.807) is 0 Å². The van der Waals surface area contributed by atoms with Crippen molar-refractivity contribution in [3.05, 3.63) is 12.2 Å². The van der Waals surface area contributed by atoms with E-state index in [4.69, 9.17) is 0 Å². The van der Waals surface area contributed by atoms with Crippen molar-refractivity contribution in [2.24, 2.45) is 5.92 Å². The Kier molecular flexibility index (Phi) is 2.90. The van der Waals surface area contributed by atoms with Gasteiger partial charge in [0.1, 0.15) is 5.67 Å². The standard InChI is InChI=1S/C9H13F4N/c1-6-5-14-4-3-8(6,10)7(2)9(11,12)13/h6,14H,2-5H2,1H3. The van der Waals surface area contributed by atoms with Crippen molar-refractivity contribution in [1.82, 2.24) is 5.32 Å². The molecule has 0 aromatic heterocycles. The lowest BCUT2D eigenvalue weighted by Crippen LogP contribution is -2.49. The summed E-state index contributed by atoms with van der Waals surface area (Å²) in [5.41, 5.74) is -3.55. The third-order valence-electron chi connectivity index (χ3n) is 2.74. The van der Waals surface area contributed by atoms with E-state index in [1.807, 2.05) is 0 Å². The van der Waals surface area contributed by atoms with E-state index in [2.05, 4.69) is 11.9 Å². The van der Waals surface area contributed by atoms with Gasteiger partial charge in [-0.3, -0.25) is 0 Å². The summed E-state index contributed by atoms with van der Waals surface area (Å²) in [5.74, 6) is -0.689. The molecule has 1 saturated heterocycles. The van der Waals surface area contributed by atoms with Crippen LogP contribution in [-0.2, 0) is 0 Å². The molecule has 0 radical (unpaired) electrons. The zero-order chi connectivity index (χ0) is 11.0. The smallest absolute Gasteiger partial charge is 0.316 e. The summed E-state index contributed by atoms with van der Waals surface area (Å²) in [5, 5.41) is 2.85. The molecule has 0 aromatic rings. The van der Waals surface area contributed by atoms with Crippen molar-refractivity contribution in [3.8, 4) is 0 Å². The molecular formula is C9H13F4N. The minimum absolute atomic E-state index is 0.160. The van der Waals surface area contributed by atoms with Gasteiger partial charge in [0, 0.05) is 12.5 Å². The van der Waals surface area contributed by atoms with Crippen LogP contribution in [0.5, 0.6) is 0 Å². The molecule has 1 fully saturated rings. The molecule has 0 amide bonds. The predicted octanol–water partition coefficient (Wildman–Crippen LogP) is 2.44. The molecule has 2 unspecified atom stereocenters. The number of hydrogen-bond donors (Lipinski definition) is 1. The topological polar surface area (TPSA) is 12.0 Å². The summed E-state index contributed by atoms with van der Waals surface area (Å²) < 4.78 is 50.9. The summed E-state index contributed by atoms with van der Waals surface area (Å²) in [7, 11) is 0. The van der Waals surface area contributed by atoms with Gasteiger partial charge in [0.2, 0.25) is 0 Å². The molecule has 0 saturated carbocycles. The van der Waals surface area contributed by atoms with E-state index in [0.717, 1.165) is 0 Å². The highest BCUT2D eigenvalue weighted by Gasteiger charge is 2.51. The Bertz CT molecular complexity index is 235. The molecule has 1 aliphatic rings. The predicted molar refractivity (Wildman–Crippen MR) is 45.7 cm³/mol. The fourth-order valence-corrected chi connectivity index (χ4v) is 1.68. The second-order valence-electron chi connectivity index (χ2n) is 3.69. The average Bonchev–Trinajstić information content (AvgIpc) is 2.07. The molecule has 0 spiro atoms. The number of alkyl halides is 4. The molecule has 0 aliphatic carbocycles. The number of allylic oxidation sites excluding steroid dienone is 1. The zero-order valence-corrected chi connectivity index (χ0v) is 7.92. The lowest BCUT2D eigenvalue weighted by molar-refractivity contribution is -0.117. The number of halogens is 4. The summed E-state index contributed by atoms with van der Waals surface area (Å²) in [6.07, 6.45) is -4.80. The van der Waals surface area contributed by atoms with Crippen LogP contribution in [-0.4, -0.2) is 24.9 Å². The minimum atomic E-state index is -4.64. The van der Waals surface area contributed by atoms with Gasteiger partial charge in [-0.2, -0.15) is 13.2 Å². The van der Waals surface area contributed by atoms with Crippen LogP contribution in [0.2, 0.25) is 0 Å². The molecule has 0 aromatic carbocycles. The van der Waals surface area contributed by atoms with Crippen molar-refractivity contribution in [3.63, 3.8) is 0 Å². The Morgan fingerprint density at radius 2 is 2.07 bits per heavy atom. The molecule has 1 aliphatic heterocycles. The van der Waals surface area contributed by atoms with Crippen molar-refractivity contribution >= 4 is 0 Å². The molecule has 14 heavy (non-hydrogen) atoms. The van der Waals surface area contributed by atoms with E-state index in [1.165, 1.54) is 6.92 Å². The lowest BCUT2D eigenvalue weighted by Gasteiger charge is -2.38. The Morgan fingerprint density at radius 1 is 1.50 bits per heavy atom. The molecule has 5 heteroatoms. The van der Waals surface area contributed by atoms with Crippen LogP contribution in [0.1, 0.15) is 13.3 Å². The molecule has 1 N–H and O–H groups in total. The van der Waals surface area contributed by atoms with Crippen LogP contribution < -0.4 is 5.32 Å². The van der Waals surface area contributed by atoms with E-state index < -0.39 is 23.3 Å². The number of nitrogens with one attached hydrogen (secondary N) is 1. The highest BCUT2D eigenvalue weighted by atomic mass is 19.4. The van der Waals surface area contributed by atoms with Crippen molar-refractivity contribution in [2.45, 2.75) is 25.2 Å². The number of hydrogen-bond acceptors (Lipinski definition) is 1. The van der Waals surface area contributed by atoms with Crippen LogP contribution in [0, 0.1) is 5.92 Å². The number of rotatable bonds is 1. The first-order valence-electron chi connectivity index (χ1n) is 4.44. The zero-order valence-electron chi connectivity index (χ0n) is 7.92. The summed E-state index contributed by atoms with van der Waals surface area (Å²) in [6, 6.07) is 0. The SMILES string of the molecule is C=C(C(F)(F)F)C1(F)CCNCC1C. The second-order valence-corrected chi connectivity index (χ2v) is 3.69. The van der Waals surface area contributed by atoms with Crippen molar-refractivity contribution in [2.75, 3.05) is 13.1 Å². The lowest BCUT2D eigenvalue weighted by atomic mass is 9.79. The maximum Gasteiger partial charge on any atom is 0.415 e. The molecule has 1 rings (SSSR count). The van der Waals surface area contributed by atoms with E-state index >= 15 is 0 Å². The third-order valence-corrected chi connectivity index (χ3v) is 2.74. The van der Waals surface area contributed by atoms with E-state index in [0.29, 0.717) is 0 Å². The quantitative estimate of drug-likeness (QED) is 0.519. The summed E-state index contributed by atoms with van der Waals surface area (Å²) in [6.45, 7) is 4.82. The fraction of sp³-hybridized carbons (Fsp3) is 0.778. The Hall–Kier alpha value is -0.580. The van der Waals surface area contributed by atoms with Crippen LogP contribution in [0.4, 0.5) is 17.6 Å². The third kappa shape index (κ3) is 1.92. The molecule has 1 nitrogen and oxygen atoms in total. The Labute approximate surface area is 80.2 Å². The second kappa shape index (κ2) is 3.53. The molecular weight excluding hydrogens is 198 g/mol. The molecule has 2 atom stereocenters. The summed E-state index contributed by atoms with van der Waals surface area (Å²) >= 11 is 0. The van der Waals surface area contributed by atoms with Gasteiger partial charge in [0.15, 0.2) is 0 Å². The van der Waals surface area contributed by atoms with Gasteiger partial charge in [-0.05, 0) is 13.0 Å². The van der Waals surface area contributed by atoms with E-state index in [-0.39, 0.29) is 19.5 Å². The normalized spacial score (nSPS) is 34.2. The molecule has 82 valence electrons. The van der Waals surface area contributed by atoms with Gasteiger partial charge in [-0.1, -0.05) is 13.5 Å².